The molecular weight excluding hydrogens is 142 g/mol. The van der Waals surface area contributed by atoms with Crippen LogP contribution in [0, 0.1) is 11.3 Å². The van der Waals surface area contributed by atoms with Crippen molar-refractivity contribution in [1.29, 1.82) is 5.26 Å². The average molecular weight is 146 g/mol. The summed E-state index contributed by atoms with van der Waals surface area (Å²) < 4.78 is 4.18. The summed E-state index contributed by atoms with van der Waals surface area (Å²) in [5.74, 6) is -0.715. The number of hydrogen-bond donors (Lipinski definition) is 0. The van der Waals surface area contributed by atoms with E-state index in [1.165, 1.54) is 7.11 Å². The summed E-state index contributed by atoms with van der Waals surface area (Å²) in [6.45, 7) is 0. The Labute approximate surface area is 57.5 Å². The predicted octanol–water partition coefficient (Wildman–Crippen LogP) is 0.806. The number of carbonyl (C=O) groups is 1. The molecule has 4 heteroatoms. The van der Waals surface area contributed by atoms with Gasteiger partial charge in [-0.15, -0.1) is 0 Å². The maximum Gasteiger partial charge on any atom is 0.349 e. The fraction of sp³-hybridized carbons (Fsp3) is 0.200. The highest BCUT2D eigenvalue weighted by Gasteiger charge is 2.05. The lowest BCUT2D eigenvalue weighted by Gasteiger charge is -1.90. The van der Waals surface area contributed by atoms with E-state index in [2.05, 4.69) is 4.74 Å². The van der Waals surface area contributed by atoms with Crippen LogP contribution in [0.2, 0.25) is 0 Å². The van der Waals surface area contributed by atoms with E-state index >= 15 is 0 Å². The molecule has 0 aromatic rings. The van der Waals surface area contributed by atoms with Crippen LogP contribution in [-0.2, 0) is 9.53 Å². The summed E-state index contributed by atoms with van der Waals surface area (Å²) >= 11 is 5.06. The number of esters is 1. The molecule has 0 fully saturated rings. The second-order valence-electron chi connectivity index (χ2n) is 1.13. The van der Waals surface area contributed by atoms with Crippen LogP contribution in [0.25, 0.3) is 0 Å². The number of methoxy groups -OCH3 is 1. The SMILES string of the molecule is COC(=O)/C(C#N)=C/Cl. The van der Waals surface area contributed by atoms with E-state index in [4.69, 9.17) is 16.9 Å². The monoisotopic (exact) mass is 145 g/mol. The van der Waals surface area contributed by atoms with Crippen molar-refractivity contribution < 1.29 is 9.53 Å². The van der Waals surface area contributed by atoms with Gasteiger partial charge in [-0.2, -0.15) is 5.26 Å². The van der Waals surface area contributed by atoms with Crippen LogP contribution in [0.3, 0.4) is 0 Å². The van der Waals surface area contributed by atoms with E-state index in [0.29, 0.717) is 0 Å². The van der Waals surface area contributed by atoms with Crippen LogP contribution in [0.5, 0.6) is 0 Å². The Morgan fingerprint density at radius 1 is 1.89 bits per heavy atom. The maximum atomic E-state index is 10.4. The van der Waals surface area contributed by atoms with Gasteiger partial charge in [0.1, 0.15) is 11.6 Å². The molecule has 9 heavy (non-hydrogen) atoms. The number of ether oxygens (including phenoxy) is 1. The van der Waals surface area contributed by atoms with E-state index in [1.807, 2.05) is 0 Å². The third-order valence-corrected chi connectivity index (χ3v) is 0.853. The molecule has 0 rings (SSSR count). The lowest BCUT2D eigenvalue weighted by Crippen LogP contribution is -2.01. The van der Waals surface area contributed by atoms with E-state index in [9.17, 15) is 4.79 Å². The molecule has 0 aliphatic rings. The molecule has 0 amide bonds. The number of halogens is 1. The molecule has 0 radical (unpaired) electrons. The highest BCUT2D eigenvalue weighted by molar-refractivity contribution is 6.27. The number of rotatable bonds is 1. The Bertz CT molecular complexity index is 180. The Morgan fingerprint density at radius 3 is 2.56 bits per heavy atom. The van der Waals surface area contributed by atoms with Crippen molar-refractivity contribution in [2.75, 3.05) is 7.11 Å². The standard InChI is InChI=1S/C5H4ClNO2/c1-9-5(8)4(2-6)3-7/h2H,1H3/b4-2+. The molecule has 0 bridgehead atoms. The summed E-state index contributed by atoms with van der Waals surface area (Å²) in [7, 11) is 1.18. The molecule has 0 aromatic carbocycles. The molecule has 0 spiro atoms. The second-order valence-corrected chi connectivity index (χ2v) is 1.34. The van der Waals surface area contributed by atoms with Crippen LogP contribution in [0.4, 0.5) is 0 Å². The van der Waals surface area contributed by atoms with Gasteiger partial charge in [-0.3, -0.25) is 0 Å². The van der Waals surface area contributed by atoms with Gasteiger partial charge in [0.25, 0.3) is 0 Å². The normalized spacial score (nSPS) is 10.1. The van der Waals surface area contributed by atoms with Crippen LogP contribution < -0.4 is 0 Å². The van der Waals surface area contributed by atoms with Gasteiger partial charge in [0.05, 0.1) is 7.11 Å². The van der Waals surface area contributed by atoms with E-state index < -0.39 is 5.97 Å². The smallest absolute Gasteiger partial charge is 0.349 e. The van der Waals surface area contributed by atoms with Gasteiger partial charge in [-0.25, -0.2) is 4.79 Å². The summed E-state index contributed by atoms with van der Waals surface area (Å²) in [6, 6.07) is 1.56. The van der Waals surface area contributed by atoms with Crippen LogP contribution in [0.1, 0.15) is 0 Å². The van der Waals surface area contributed by atoms with Crippen molar-refractivity contribution in [1.82, 2.24) is 0 Å². The maximum absolute atomic E-state index is 10.4. The van der Waals surface area contributed by atoms with Gasteiger partial charge in [0.15, 0.2) is 0 Å². The lowest BCUT2D eigenvalue weighted by molar-refractivity contribution is -0.135. The van der Waals surface area contributed by atoms with Crippen LogP contribution in [0.15, 0.2) is 11.1 Å². The lowest BCUT2D eigenvalue weighted by atomic mass is 10.3. The van der Waals surface area contributed by atoms with Crippen molar-refractivity contribution in [3.8, 4) is 6.07 Å². The number of carbonyl (C=O) groups excluding carboxylic acids is 1. The summed E-state index contributed by atoms with van der Waals surface area (Å²) in [6.07, 6.45) is 0. The first-order valence-corrected chi connectivity index (χ1v) is 2.48. The predicted molar refractivity (Wildman–Crippen MR) is 31.6 cm³/mol. The molecule has 48 valence electrons. The highest BCUT2D eigenvalue weighted by Crippen LogP contribution is 1.96. The van der Waals surface area contributed by atoms with Gasteiger partial charge in [-0.1, -0.05) is 11.6 Å². The zero-order valence-corrected chi connectivity index (χ0v) is 5.47. The van der Waals surface area contributed by atoms with Crippen molar-refractivity contribution in [2.24, 2.45) is 0 Å². The van der Waals surface area contributed by atoms with Crippen molar-refractivity contribution in [2.45, 2.75) is 0 Å². The molecule has 0 aromatic heterocycles. The number of nitriles is 1. The Kier molecular flexibility index (Phi) is 3.49. The Morgan fingerprint density at radius 2 is 2.44 bits per heavy atom. The molecule has 0 atom stereocenters. The molecule has 0 saturated heterocycles. The molecule has 0 aliphatic carbocycles. The summed E-state index contributed by atoms with van der Waals surface area (Å²) in [4.78, 5) is 10.4. The zero-order chi connectivity index (χ0) is 7.28. The Balaban J connectivity index is 4.19. The minimum absolute atomic E-state index is 0.195. The highest BCUT2D eigenvalue weighted by atomic mass is 35.5. The van der Waals surface area contributed by atoms with E-state index in [1.54, 1.807) is 6.07 Å². The summed E-state index contributed by atoms with van der Waals surface area (Å²) in [5.41, 5.74) is 0.686. The second kappa shape index (κ2) is 3.93. The first kappa shape index (κ1) is 7.99. The molecule has 0 aliphatic heterocycles. The first-order valence-electron chi connectivity index (χ1n) is 2.05. The molecule has 0 N–H and O–H groups in total. The van der Waals surface area contributed by atoms with Crippen molar-refractivity contribution in [3.05, 3.63) is 11.1 Å². The third-order valence-electron chi connectivity index (χ3n) is 0.635. The minimum atomic E-state index is -0.715. The Hall–Kier alpha value is -1.01. The topological polar surface area (TPSA) is 50.1 Å². The third kappa shape index (κ3) is 2.15. The van der Waals surface area contributed by atoms with Crippen molar-refractivity contribution >= 4 is 17.6 Å². The van der Waals surface area contributed by atoms with Gasteiger partial charge in [0.2, 0.25) is 0 Å². The fourth-order valence-electron chi connectivity index (χ4n) is 0.225. The summed E-state index contributed by atoms with van der Waals surface area (Å²) in [5, 5.41) is 8.12. The van der Waals surface area contributed by atoms with Gasteiger partial charge in [-0.05, 0) is 0 Å². The van der Waals surface area contributed by atoms with Crippen molar-refractivity contribution in [3.63, 3.8) is 0 Å². The fourth-order valence-corrected chi connectivity index (χ4v) is 0.362. The average Bonchev–Trinajstić information content (AvgIpc) is 1.90. The molecule has 0 heterocycles. The number of hydrogen-bond acceptors (Lipinski definition) is 3. The van der Waals surface area contributed by atoms with E-state index in [0.717, 1.165) is 5.54 Å². The molecule has 0 unspecified atom stereocenters. The quantitative estimate of drug-likeness (QED) is 0.312. The number of nitrogens with zero attached hydrogens (tertiary/aromatic N) is 1. The van der Waals surface area contributed by atoms with Gasteiger partial charge < -0.3 is 4.74 Å². The van der Waals surface area contributed by atoms with Crippen LogP contribution in [-0.4, -0.2) is 13.1 Å². The molecule has 3 nitrogen and oxygen atoms in total. The van der Waals surface area contributed by atoms with Gasteiger partial charge in [0, 0.05) is 5.54 Å². The largest absolute Gasteiger partial charge is 0.465 e. The van der Waals surface area contributed by atoms with E-state index in [-0.39, 0.29) is 5.57 Å². The molecule has 0 saturated carbocycles. The minimum Gasteiger partial charge on any atom is -0.465 e. The first-order chi connectivity index (χ1) is 4.26. The zero-order valence-electron chi connectivity index (χ0n) is 4.72. The van der Waals surface area contributed by atoms with Gasteiger partial charge >= 0.3 is 5.97 Å². The van der Waals surface area contributed by atoms with Crippen LogP contribution >= 0.6 is 11.6 Å². The molecular formula is C5H4ClNO2.